The average molecular weight is 368 g/mol. The fourth-order valence-corrected chi connectivity index (χ4v) is 3.60. The van der Waals surface area contributed by atoms with E-state index >= 15 is 0 Å². The largest absolute Gasteiger partial charge is 0.351 e. The molecule has 0 bridgehead atoms. The molecule has 1 atom stereocenters. The number of benzene rings is 1. The van der Waals surface area contributed by atoms with Gasteiger partial charge < -0.3 is 21.7 Å². The molecule has 1 aliphatic rings. The summed E-state index contributed by atoms with van der Waals surface area (Å²) < 4.78 is 0. The van der Waals surface area contributed by atoms with Crippen molar-refractivity contribution in [2.75, 3.05) is 18.4 Å². The number of rotatable bonds is 3. The van der Waals surface area contributed by atoms with Crippen LogP contribution in [0.15, 0.2) is 36.4 Å². The molecule has 0 unspecified atom stereocenters. The second-order valence-corrected chi connectivity index (χ2v) is 7.03. The van der Waals surface area contributed by atoms with Gasteiger partial charge in [-0.15, -0.1) is 11.3 Å². The number of anilines is 1. The van der Waals surface area contributed by atoms with Crippen molar-refractivity contribution >= 4 is 29.0 Å². The lowest BCUT2D eigenvalue weighted by molar-refractivity contribution is 0.0935. The van der Waals surface area contributed by atoms with Crippen LogP contribution in [0.2, 0.25) is 0 Å². The van der Waals surface area contributed by atoms with E-state index in [0.717, 1.165) is 31.5 Å². The topological polar surface area (TPSA) is 96.2 Å². The highest BCUT2D eigenvalue weighted by atomic mass is 32.1. The lowest BCUT2D eigenvalue weighted by Crippen LogP contribution is -2.45. The van der Waals surface area contributed by atoms with E-state index in [2.05, 4.69) is 27.8 Å². The molecular formula is C19H20N4O2S. The SMILES string of the molecule is NC(=O)Nc1cc(C#Cc2ccccc2)sc1C(=O)N[C@H]1CCCNC1. The van der Waals surface area contributed by atoms with E-state index in [1.54, 1.807) is 6.07 Å². The van der Waals surface area contributed by atoms with Crippen molar-refractivity contribution in [2.45, 2.75) is 18.9 Å². The maximum Gasteiger partial charge on any atom is 0.316 e. The summed E-state index contributed by atoms with van der Waals surface area (Å²) in [5.41, 5.74) is 6.50. The zero-order chi connectivity index (χ0) is 18.4. The standard InChI is InChI=1S/C19H20N4O2S/c20-19(25)23-16-11-15(9-8-13-5-2-1-3-6-13)26-17(16)18(24)22-14-7-4-10-21-12-14/h1-3,5-6,11,14,21H,4,7,10,12H2,(H,22,24)(H3,20,23,25)/t14-/m0/s1. The Bertz CT molecular complexity index is 845. The molecule has 1 aromatic heterocycles. The Kier molecular flexibility index (Phi) is 5.89. The average Bonchev–Trinajstić information content (AvgIpc) is 3.04. The molecule has 1 fully saturated rings. The second kappa shape index (κ2) is 8.52. The number of hydrogen-bond acceptors (Lipinski definition) is 4. The van der Waals surface area contributed by atoms with Crippen molar-refractivity contribution in [3.05, 3.63) is 51.7 Å². The van der Waals surface area contributed by atoms with E-state index in [1.165, 1.54) is 11.3 Å². The minimum absolute atomic E-state index is 0.0821. The molecule has 2 heterocycles. The number of urea groups is 1. The maximum atomic E-state index is 12.6. The monoisotopic (exact) mass is 368 g/mol. The molecule has 134 valence electrons. The van der Waals surface area contributed by atoms with Gasteiger partial charge >= 0.3 is 6.03 Å². The normalized spacial score (nSPS) is 16.2. The third-order valence-electron chi connectivity index (χ3n) is 3.93. The van der Waals surface area contributed by atoms with Crippen LogP contribution in [0.5, 0.6) is 0 Å². The van der Waals surface area contributed by atoms with Gasteiger partial charge in [-0.1, -0.05) is 30.0 Å². The Labute approximate surface area is 156 Å². The summed E-state index contributed by atoms with van der Waals surface area (Å²) in [5, 5.41) is 8.78. The smallest absolute Gasteiger partial charge is 0.316 e. The molecule has 0 radical (unpaired) electrons. The van der Waals surface area contributed by atoms with Crippen LogP contribution >= 0.6 is 11.3 Å². The van der Waals surface area contributed by atoms with E-state index in [1.807, 2.05) is 30.3 Å². The highest BCUT2D eigenvalue weighted by Crippen LogP contribution is 2.27. The third-order valence-corrected chi connectivity index (χ3v) is 4.98. The van der Waals surface area contributed by atoms with Gasteiger partial charge in [-0.2, -0.15) is 0 Å². The van der Waals surface area contributed by atoms with Crippen LogP contribution in [-0.4, -0.2) is 31.1 Å². The molecule has 1 aromatic carbocycles. The van der Waals surface area contributed by atoms with E-state index in [-0.39, 0.29) is 11.9 Å². The van der Waals surface area contributed by atoms with Crippen LogP contribution in [0, 0.1) is 11.8 Å². The molecular weight excluding hydrogens is 348 g/mol. The first-order valence-electron chi connectivity index (χ1n) is 8.41. The number of piperidine rings is 1. The first-order chi connectivity index (χ1) is 12.6. The fourth-order valence-electron chi connectivity index (χ4n) is 2.73. The van der Waals surface area contributed by atoms with Crippen molar-refractivity contribution in [3.8, 4) is 11.8 Å². The number of thiophene rings is 1. The van der Waals surface area contributed by atoms with E-state index in [4.69, 9.17) is 5.73 Å². The number of carbonyl (C=O) groups excluding carboxylic acids is 2. The van der Waals surface area contributed by atoms with Crippen LogP contribution in [0.25, 0.3) is 0 Å². The molecule has 0 aliphatic carbocycles. The fraction of sp³-hybridized carbons (Fsp3) is 0.263. The molecule has 3 amide bonds. The van der Waals surface area contributed by atoms with Crippen molar-refractivity contribution < 1.29 is 9.59 Å². The zero-order valence-corrected chi connectivity index (χ0v) is 15.0. The molecule has 5 N–H and O–H groups in total. The van der Waals surface area contributed by atoms with Crippen LogP contribution in [0.3, 0.4) is 0 Å². The van der Waals surface area contributed by atoms with Crippen LogP contribution in [0.4, 0.5) is 10.5 Å². The van der Waals surface area contributed by atoms with Gasteiger partial charge in [-0.05, 0) is 37.6 Å². The predicted octanol–water partition coefficient (Wildman–Crippen LogP) is 2.12. The second-order valence-electron chi connectivity index (χ2n) is 5.98. The molecule has 2 aromatic rings. The van der Waals surface area contributed by atoms with Gasteiger partial charge in [-0.3, -0.25) is 4.79 Å². The molecule has 6 nitrogen and oxygen atoms in total. The predicted molar refractivity (Wildman–Crippen MR) is 103 cm³/mol. The number of nitrogens with two attached hydrogens (primary N) is 1. The zero-order valence-electron chi connectivity index (χ0n) is 14.2. The van der Waals surface area contributed by atoms with Gasteiger partial charge in [0.2, 0.25) is 0 Å². The Morgan fingerprint density at radius 1 is 1.23 bits per heavy atom. The quantitative estimate of drug-likeness (QED) is 0.625. The van der Waals surface area contributed by atoms with Crippen LogP contribution in [-0.2, 0) is 0 Å². The summed E-state index contributed by atoms with van der Waals surface area (Å²) >= 11 is 1.24. The minimum Gasteiger partial charge on any atom is -0.351 e. The van der Waals surface area contributed by atoms with Gasteiger partial charge in [0.1, 0.15) is 4.88 Å². The summed E-state index contributed by atoms with van der Waals surface area (Å²) in [6, 6.07) is 10.6. The summed E-state index contributed by atoms with van der Waals surface area (Å²) in [7, 11) is 0. The van der Waals surface area contributed by atoms with E-state index in [0.29, 0.717) is 15.4 Å². The summed E-state index contributed by atoms with van der Waals surface area (Å²) in [5.74, 6) is 5.87. The summed E-state index contributed by atoms with van der Waals surface area (Å²) in [4.78, 5) is 25.0. The number of nitrogens with one attached hydrogen (secondary N) is 3. The van der Waals surface area contributed by atoms with Crippen molar-refractivity contribution in [2.24, 2.45) is 5.73 Å². The molecule has 7 heteroatoms. The van der Waals surface area contributed by atoms with Crippen molar-refractivity contribution in [1.82, 2.24) is 10.6 Å². The van der Waals surface area contributed by atoms with Gasteiger partial charge in [0.05, 0.1) is 10.6 Å². The van der Waals surface area contributed by atoms with Gasteiger partial charge in [0.15, 0.2) is 0 Å². The molecule has 1 aliphatic heterocycles. The van der Waals surface area contributed by atoms with E-state index < -0.39 is 6.03 Å². The van der Waals surface area contributed by atoms with Gasteiger partial charge in [0.25, 0.3) is 5.91 Å². The molecule has 26 heavy (non-hydrogen) atoms. The lowest BCUT2D eigenvalue weighted by atomic mass is 10.1. The van der Waals surface area contributed by atoms with E-state index in [9.17, 15) is 9.59 Å². The number of amides is 3. The lowest BCUT2D eigenvalue weighted by Gasteiger charge is -2.23. The summed E-state index contributed by atoms with van der Waals surface area (Å²) in [6.45, 7) is 1.72. The third kappa shape index (κ3) is 4.85. The molecule has 1 saturated heterocycles. The van der Waals surface area contributed by atoms with Crippen molar-refractivity contribution in [3.63, 3.8) is 0 Å². The summed E-state index contributed by atoms with van der Waals surface area (Å²) in [6.07, 6.45) is 1.96. The maximum absolute atomic E-state index is 12.6. The van der Waals surface area contributed by atoms with Gasteiger partial charge in [0, 0.05) is 18.2 Å². The number of carbonyl (C=O) groups is 2. The first-order valence-corrected chi connectivity index (χ1v) is 9.22. The molecule has 0 saturated carbocycles. The number of primary amides is 1. The Hall–Kier alpha value is -2.82. The Morgan fingerprint density at radius 3 is 2.73 bits per heavy atom. The van der Waals surface area contributed by atoms with Crippen LogP contribution < -0.4 is 21.7 Å². The highest BCUT2D eigenvalue weighted by molar-refractivity contribution is 7.15. The molecule has 0 spiro atoms. The number of hydrogen-bond donors (Lipinski definition) is 4. The van der Waals surface area contributed by atoms with Gasteiger partial charge in [-0.25, -0.2) is 4.79 Å². The minimum atomic E-state index is -0.709. The molecule has 3 rings (SSSR count). The van der Waals surface area contributed by atoms with Crippen molar-refractivity contribution in [1.29, 1.82) is 0 Å². The van der Waals surface area contributed by atoms with Crippen LogP contribution in [0.1, 0.15) is 33.0 Å². The Morgan fingerprint density at radius 2 is 2.04 bits per heavy atom. The first kappa shape index (κ1) is 18.0. The Balaban J connectivity index is 1.81. The highest BCUT2D eigenvalue weighted by Gasteiger charge is 2.21.